The zero-order valence-corrected chi connectivity index (χ0v) is 15.7. The quantitative estimate of drug-likeness (QED) is 0.616. The summed E-state index contributed by atoms with van der Waals surface area (Å²) in [7, 11) is 6.30. The summed E-state index contributed by atoms with van der Waals surface area (Å²) in [6, 6.07) is 6.63. The molecule has 1 aromatic heterocycles. The summed E-state index contributed by atoms with van der Waals surface area (Å²) in [5.74, 6) is 2.08. The van der Waals surface area contributed by atoms with E-state index in [1.165, 1.54) is 0 Å². The molecular weight excluding hydrogens is 314 g/mol. The zero-order chi connectivity index (χ0) is 17.6. The number of rotatable bonds is 3. The molecule has 0 bridgehead atoms. The Hall–Kier alpha value is -1.86. The van der Waals surface area contributed by atoms with Gasteiger partial charge < -0.3 is 20.0 Å². The standard InChI is InChI=1S/C18H31N7/c1-19-18(21-14-16-15-22(2)8-9-23(16)3)25-12-10-24(11-13-25)17-6-4-5-7-20-17/h4-7,16H,8-15H2,1-3H3,(H,19,21). The first-order chi connectivity index (χ1) is 12.2. The fourth-order valence-electron chi connectivity index (χ4n) is 3.55. The summed E-state index contributed by atoms with van der Waals surface area (Å²) in [5, 5.41) is 3.59. The maximum atomic E-state index is 4.50. The Labute approximate surface area is 151 Å². The van der Waals surface area contributed by atoms with E-state index in [9.17, 15) is 0 Å². The van der Waals surface area contributed by atoms with E-state index >= 15 is 0 Å². The number of nitrogens with one attached hydrogen (secondary N) is 1. The van der Waals surface area contributed by atoms with Crippen molar-refractivity contribution in [2.45, 2.75) is 6.04 Å². The average Bonchev–Trinajstić information content (AvgIpc) is 2.66. The molecule has 3 heterocycles. The minimum Gasteiger partial charge on any atom is -0.355 e. The molecule has 2 aliphatic rings. The van der Waals surface area contributed by atoms with Gasteiger partial charge in [0.1, 0.15) is 5.82 Å². The summed E-state index contributed by atoms with van der Waals surface area (Å²) < 4.78 is 0. The first-order valence-electron chi connectivity index (χ1n) is 9.17. The molecule has 0 aromatic carbocycles. The number of likely N-dealkylation sites (N-methyl/N-ethyl adjacent to an activating group) is 2. The minimum atomic E-state index is 0.533. The Balaban J connectivity index is 1.49. The van der Waals surface area contributed by atoms with E-state index in [1.54, 1.807) is 0 Å². The van der Waals surface area contributed by atoms with Crippen molar-refractivity contribution in [3.63, 3.8) is 0 Å². The second kappa shape index (κ2) is 8.49. The number of hydrogen-bond acceptors (Lipinski definition) is 5. The van der Waals surface area contributed by atoms with Gasteiger partial charge in [0, 0.05) is 71.6 Å². The monoisotopic (exact) mass is 345 g/mol. The van der Waals surface area contributed by atoms with E-state index < -0.39 is 0 Å². The van der Waals surface area contributed by atoms with Gasteiger partial charge >= 0.3 is 0 Å². The summed E-state index contributed by atoms with van der Waals surface area (Å²) in [5.41, 5.74) is 0. The minimum absolute atomic E-state index is 0.533. The summed E-state index contributed by atoms with van der Waals surface area (Å²) in [6.07, 6.45) is 1.86. The molecule has 2 fully saturated rings. The summed E-state index contributed by atoms with van der Waals surface area (Å²) in [6.45, 7) is 8.21. The number of anilines is 1. The number of aliphatic imine (C=N–C) groups is 1. The molecule has 25 heavy (non-hydrogen) atoms. The number of nitrogens with zero attached hydrogens (tertiary/aromatic N) is 6. The second-order valence-electron chi connectivity index (χ2n) is 6.99. The Kier molecular flexibility index (Phi) is 6.09. The van der Waals surface area contributed by atoms with E-state index in [0.717, 1.165) is 64.1 Å². The van der Waals surface area contributed by atoms with Gasteiger partial charge in [-0.1, -0.05) is 6.07 Å². The number of pyridine rings is 1. The van der Waals surface area contributed by atoms with E-state index in [0.29, 0.717) is 6.04 Å². The molecule has 2 saturated heterocycles. The van der Waals surface area contributed by atoms with E-state index in [-0.39, 0.29) is 0 Å². The molecule has 0 aliphatic carbocycles. The van der Waals surface area contributed by atoms with Gasteiger partial charge in [0.05, 0.1) is 0 Å². The van der Waals surface area contributed by atoms with Crippen LogP contribution in [0.4, 0.5) is 5.82 Å². The number of aromatic nitrogens is 1. The van der Waals surface area contributed by atoms with Crippen molar-refractivity contribution < 1.29 is 0 Å². The molecular formula is C18H31N7. The van der Waals surface area contributed by atoms with E-state index in [1.807, 2.05) is 25.4 Å². The molecule has 0 amide bonds. The normalized spacial score (nSPS) is 23.8. The molecule has 0 saturated carbocycles. The molecule has 2 aliphatic heterocycles. The van der Waals surface area contributed by atoms with Crippen LogP contribution in [0.25, 0.3) is 0 Å². The van der Waals surface area contributed by atoms with Crippen molar-refractivity contribution in [1.82, 2.24) is 25.0 Å². The Morgan fingerprint density at radius 1 is 1.16 bits per heavy atom. The van der Waals surface area contributed by atoms with Crippen LogP contribution < -0.4 is 10.2 Å². The fraction of sp³-hybridized carbons (Fsp3) is 0.667. The van der Waals surface area contributed by atoms with Crippen molar-refractivity contribution in [1.29, 1.82) is 0 Å². The van der Waals surface area contributed by atoms with Crippen LogP contribution in [0.1, 0.15) is 0 Å². The van der Waals surface area contributed by atoms with Crippen LogP contribution in [0, 0.1) is 0 Å². The maximum absolute atomic E-state index is 4.50. The van der Waals surface area contributed by atoms with Crippen LogP contribution in [0.3, 0.4) is 0 Å². The summed E-state index contributed by atoms with van der Waals surface area (Å²) >= 11 is 0. The van der Waals surface area contributed by atoms with Crippen LogP contribution >= 0.6 is 0 Å². The van der Waals surface area contributed by atoms with Gasteiger partial charge in [-0.05, 0) is 26.2 Å². The largest absolute Gasteiger partial charge is 0.355 e. The Bertz CT molecular complexity index is 554. The first-order valence-corrected chi connectivity index (χ1v) is 9.17. The van der Waals surface area contributed by atoms with Crippen molar-refractivity contribution in [2.24, 2.45) is 4.99 Å². The van der Waals surface area contributed by atoms with Crippen LogP contribution in [0.2, 0.25) is 0 Å². The third-order valence-electron chi connectivity index (χ3n) is 5.24. The highest BCUT2D eigenvalue weighted by Crippen LogP contribution is 2.12. The van der Waals surface area contributed by atoms with Gasteiger partial charge in [-0.25, -0.2) is 4.98 Å². The molecule has 1 unspecified atom stereocenters. The molecule has 138 valence electrons. The van der Waals surface area contributed by atoms with Gasteiger partial charge in [0.2, 0.25) is 0 Å². The van der Waals surface area contributed by atoms with Crippen LogP contribution in [-0.4, -0.2) is 105 Å². The lowest BCUT2D eigenvalue weighted by Crippen LogP contribution is -2.57. The van der Waals surface area contributed by atoms with Crippen molar-refractivity contribution in [3.05, 3.63) is 24.4 Å². The number of hydrogen-bond donors (Lipinski definition) is 1. The SMILES string of the molecule is CN=C(NCC1CN(C)CCN1C)N1CCN(c2ccccn2)CC1. The fourth-order valence-corrected chi connectivity index (χ4v) is 3.55. The molecule has 1 aromatic rings. The van der Waals surface area contributed by atoms with Crippen molar-refractivity contribution in [2.75, 3.05) is 78.4 Å². The lowest BCUT2D eigenvalue weighted by molar-refractivity contribution is 0.116. The molecule has 7 heteroatoms. The molecule has 0 spiro atoms. The van der Waals surface area contributed by atoms with Crippen LogP contribution in [0.15, 0.2) is 29.4 Å². The average molecular weight is 345 g/mol. The Morgan fingerprint density at radius 3 is 2.64 bits per heavy atom. The third kappa shape index (κ3) is 4.61. The highest BCUT2D eigenvalue weighted by molar-refractivity contribution is 5.80. The molecule has 0 radical (unpaired) electrons. The van der Waals surface area contributed by atoms with E-state index in [2.05, 4.69) is 55.1 Å². The topological polar surface area (TPSA) is 50.2 Å². The highest BCUT2D eigenvalue weighted by Gasteiger charge is 2.24. The molecule has 1 N–H and O–H groups in total. The number of guanidine groups is 1. The van der Waals surface area contributed by atoms with Gasteiger partial charge in [-0.3, -0.25) is 9.89 Å². The second-order valence-corrected chi connectivity index (χ2v) is 6.99. The molecule has 3 rings (SSSR count). The Morgan fingerprint density at radius 2 is 1.96 bits per heavy atom. The van der Waals surface area contributed by atoms with Crippen LogP contribution in [-0.2, 0) is 0 Å². The third-order valence-corrected chi connectivity index (χ3v) is 5.24. The van der Waals surface area contributed by atoms with Crippen molar-refractivity contribution in [3.8, 4) is 0 Å². The van der Waals surface area contributed by atoms with Gasteiger partial charge in [-0.2, -0.15) is 0 Å². The predicted molar refractivity (Wildman–Crippen MR) is 103 cm³/mol. The van der Waals surface area contributed by atoms with Gasteiger partial charge in [0.25, 0.3) is 0 Å². The zero-order valence-electron chi connectivity index (χ0n) is 15.7. The van der Waals surface area contributed by atoms with Gasteiger partial charge in [0.15, 0.2) is 5.96 Å². The maximum Gasteiger partial charge on any atom is 0.193 e. The lowest BCUT2D eigenvalue weighted by atomic mass is 10.2. The molecule has 1 atom stereocenters. The van der Waals surface area contributed by atoms with Gasteiger partial charge in [-0.15, -0.1) is 0 Å². The number of piperazine rings is 2. The predicted octanol–water partition coefficient (Wildman–Crippen LogP) is 0.0248. The first kappa shape index (κ1) is 17.9. The van der Waals surface area contributed by atoms with Crippen molar-refractivity contribution >= 4 is 11.8 Å². The molecule has 7 nitrogen and oxygen atoms in total. The van der Waals surface area contributed by atoms with E-state index in [4.69, 9.17) is 0 Å². The summed E-state index contributed by atoms with van der Waals surface area (Å²) in [4.78, 5) is 18.5. The smallest absolute Gasteiger partial charge is 0.193 e. The highest BCUT2D eigenvalue weighted by atomic mass is 15.4. The lowest BCUT2D eigenvalue weighted by Gasteiger charge is -2.40. The van der Waals surface area contributed by atoms with Crippen LogP contribution in [0.5, 0.6) is 0 Å².